The van der Waals surface area contributed by atoms with Crippen LogP contribution in [0.15, 0.2) is 0 Å². The van der Waals surface area contributed by atoms with E-state index in [9.17, 15) is 4.79 Å². The summed E-state index contributed by atoms with van der Waals surface area (Å²) in [5.41, 5.74) is 0. The molecule has 1 saturated heterocycles. The van der Waals surface area contributed by atoms with Crippen LogP contribution in [0.4, 0.5) is 0 Å². The van der Waals surface area contributed by atoms with Crippen molar-refractivity contribution in [3.8, 4) is 11.8 Å². The van der Waals surface area contributed by atoms with Gasteiger partial charge in [0.15, 0.2) is 0 Å². The van der Waals surface area contributed by atoms with Crippen molar-refractivity contribution >= 4 is 5.97 Å². The molecule has 0 amide bonds. The van der Waals surface area contributed by atoms with Crippen LogP contribution in [0.2, 0.25) is 0 Å². The maximum absolute atomic E-state index is 10.8. The second-order valence-electron chi connectivity index (χ2n) is 2.92. The van der Waals surface area contributed by atoms with Crippen molar-refractivity contribution in [1.29, 1.82) is 0 Å². The van der Waals surface area contributed by atoms with Crippen molar-refractivity contribution in [3.63, 3.8) is 0 Å². The van der Waals surface area contributed by atoms with Crippen molar-refractivity contribution in [2.24, 2.45) is 0 Å². The number of carbonyl (C=O) groups is 1. The van der Waals surface area contributed by atoms with E-state index in [-0.39, 0.29) is 6.10 Å². The fourth-order valence-corrected chi connectivity index (χ4v) is 1.16. The summed E-state index contributed by atoms with van der Waals surface area (Å²) in [4.78, 5) is 10.8. The molecule has 0 aliphatic carbocycles. The fraction of sp³-hybridized carbons (Fsp3) is 0.700. The number of nitrogens with one attached hydrogen (secondary N) is 1. The number of hydrogen-bond acceptors (Lipinski definition) is 4. The Labute approximate surface area is 84.0 Å². The van der Waals surface area contributed by atoms with Crippen LogP contribution in [-0.2, 0) is 14.3 Å². The summed E-state index contributed by atoms with van der Waals surface area (Å²) in [5, 5.41) is 3.19. The smallest absolute Gasteiger partial charge is 0.384 e. The molecular formula is C10H15NO3. The third-order valence-electron chi connectivity index (χ3n) is 1.80. The van der Waals surface area contributed by atoms with Crippen molar-refractivity contribution < 1.29 is 14.3 Å². The number of rotatable bonds is 2. The van der Waals surface area contributed by atoms with E-state index in [0.717, 1.165) is 13.1 Å². The third kappa shape index (κ3) is 4.26. The highest BCUT2D eigenvalue weighted by Crippen LogP contribution is 1.99. The number of morpholine rings is 1. The normalized spacial score (nSPS) is 20.8. The zero-order valence-electron chi connectivity index (χ0n) is 8.34. The number of ether oxygens (including phenoxy) is 2. The lowest BCUT2D eigenvalue weighted by Crippen LogP contribution is -2.38. The summed E-state index contributed by atoms with van der Waals surface area (Å²) in [6, 6.07) is 0. The molecule has 1 rings (SSSR count). The van der Waals surface area contributed by atoms with E-state index in [0.29, 0.717) is 19.6 Å². The SMILES string of the molecule is CCOC(=O)C#CCC1CNCCO1. The molecule has 1 aliphatic heterocycles. The van der Waals surface area contributed by atoms with Gasteiger partial charge in [-0.3, -0.25) is 0 Å². The van der Waals surface area contributed by atoms with E-state index in [4.69, 9.17) is 4.74 Å². The maximum atomic E-state index is 10.8. The van der Waals surface area contributed by atoms with Crippen molar-refractivity contribution in [2.45, 2.75) is 19.4 Å². The molecule has 1 atom stereocenters. The van der Waals surface area contributed by atoms with Crippen LogP contribution in [0.25, 0.3) is 0 Å². The summed E-state index contributed by atoms with van der Waals surface area (Å²) < 4.78 is 10.1. The van der Waals surface area contributed by atoms with Gasteiger partial charge in [-0.05, 0) is 6.92 Å². The highest BCUT2D eigenvalue weighted by Gasteiger charge is 2.11. The van der Waals surface area contributed by atoms with Crippen LogP contribution in [0.3, 0.4) is 0 Å². The lowest BCUT2D eigenvalue weighted by atomic mass is 10.2. The van der Waals surface area contributed by atoms with Crippen LogP contribution in [0.1, 0.15) is 13.3 Å². The van der Waals surface area contributed by atoms with Gasteiger partial charge in [-0.25, -0.2) is 4.79 Å². The molecule has 1 N–H and O–H groups in total. The Balaban J connectivity index is 2.20. The van der Waals surface area contributed by atoms with Gasteiger partial charge >= 0.3 is 5.97 Å². The largest absolute Gasteiger partial charge is 0.456 e. The van der Waals surface area contributed by atoms with Gasteiger partial charge in [0.05, 0.1) is 19.3 Å². The molecule has 0 spiro atoms. The molecule has 0 aromatic rings. The maximum Gasteiger partial charge on any atom is 0.384 e. The molecule has 0 aromatic carbocycles. The fourth-order valence-electron chi connectivity index (χ4n) is 1.16. The molecular weight excluding hydrogens is 182 g/mol. The quantitative estimate of drug-likeness (QED) is 0.382. The Bertz CT molecular complexity index is 235. The third-order valence-corrected chi connectivity index (χ3v) is 1.80. The average molecular weight is 197 g/mol. The molecule has 78 valence electrons. The molecule has 1 unspecified atom stereocenters. The number of hydrogen-bond donors (Lipinski definition) is 1. The van der Waals surface area contributed by atoms with Crippen LogP contribution in [-0.4, -0.2) is 38.4 Å². The second kappa shape index (κ2) is 6.41. The van der Waals surface area contributed by atoms with Crippen LogP contribution in [0, 0.1) is 11.8 Å². The summed E-state index contributed by atoms with van der Waals surface area (Å²) in [6.07, 6.45) is 0.678. The van der Waals surface area contributed by atoms with Crippen molar-refractivity contribution in [2.75, 3.05) is 26.3 Å². The summed E-state index contributed by atoms with van der Waals surface area (Å²) in [5.74, 6) is 4.70. The Kier molecular flexibility index (Phi) is 5.05. The van der Waals surface area contributed by atoms with Crippen molar-refractivity contribution in [1.82, 2.24) is 5.32 Å². The molecule has 1 heterocycles. The Morgan fingerprint density at radius 1 is 1.71 bits per heavy atom. The first-order chi connectivity index (χ1) is 6.83. The molecule has 0 saturated carbocycles. The van der Waals surface area contributed by atoms with Crippen LogP contribution >= 0.6 is 0 Å². The lowest BCUT2D eigenvalue weighted by molar-refractivity contribution is -0.136. The van der Waals surface area contributed by atoms with Gasteiger partial charge in [0, 0.05) is 25.4 Å². The first-order valence-corrected chi connectivity index (χ1v) is 4.81. The molecule has 14 heavy (non-hydrogen) atoms. The van der Waals surface area contributed by atoms with Gasteiger partial charge in [-0.2, -0.15) is 0 Å². The topological polar surface area (TPSA) is 47.6 Å². The summed E-state index contributed by atoms with van der Waals surface area (Å²) in [6.45, 7) is 4.54. The van der Waals surface area contributed by atoms with Gasteiger partial charge in [-0.15, -0.1) is 0 Å². The lowest BCUT2D eigenvalue weighted by Gasteiger charge is -2.21. The first-order valence-electron chi connectivity index (χ1n) is 4.81. The molecule has 1 fully saturated rings. The predicted octanol–water partition coefficient (Wildman–Crippen LogP) is -0.0686. The van der Waals surface area contributed by atoms with Crippen LogP contribution < -0.4 is 5.32 Å². The van der Waals surface area contributed by atoms with Crippen molar-refractivity contribution in [3.05, 3.63) is 0 Å². The zero-order chi connectivity index (χ0) is 10.2. The predicted molar refractivity (Wildman–Crippen MR) is 51.6 cm³/mol. The highest BCUT2D eigenvalue weighted by atomic mass is 16.5. The molecule has 0 aromatic heterocycles. The van der Waals surface area contributed by atoms with Gasteiger partial charge in [0.25, 0.3) is 0 Å². The van der Waals surface area contributed by atoms with E-state index < -0.39 is 5.97 Å². The zero-order valence-corrected chi connectivity index (χ0v) is 8.34. The minimum Gasteiger partial charge on any atom is -0.456 e. The van der Waals surface area contributed by atoms with Gasteiger partial charge in [-0.1, -0.05) is 5.92 Å². The van der Waals surface area contributed by atoms with Gasteiger partial charge < -0.3 is 14.8 Å². The van der Waals surface area contributed by atoms with E-state index >= 15 is 0 Å². The summed E-state index contributed by atoms with van der Waals surface area (Å²) >= 11 is 0. The Morgan fingerprint density at radius 2 is 2.57 bits per heavy atom. The minimum absolute atomic E-state index is 0.102. The van der Waals surface area contributed by atoms with Crippen LogP contribution in [0.5, 0.6) is 0 Å². The number of carbonyl (C=O) groups excluding carboxylic acids is 1. The first kappa shape index (κ1) is 11.0. The van der Waals surface area contributed by atoms with E-state index in [1.807, 2.05) is 0 Å². The average Bonchev–Trinajstić information content (AvgIpc) is 2.20. The van der Waals surface area contributed by atoms with Gasteiger partial charge in [0.1, 0.15) is 0 Å². The number of esters is 1. The standard InChI is InChI=1S/C10H15NO3/c1-2-13-10(12)5-3-4-9-8-11-6-7-14-9/h9,11H,2,4,6-8H2,1H3. The summed E-state index contributed by atoms with van der Waals surface area (Å²) in [7, 11) is 0. The monoisotopic (exact) mass is 197 g/mol. The molecule has 0 radical (unpaired) electrons. The highest BCUT2D eigenvalue weighted by molar-refractivity contribution is 5.88. The minimum atomic E-state index is -0.462. The molecule has 4 nitrogen and oxygen atoms in total. The molecule has 4 heteroatoms. The molecule has 1 aliphatic rings. The second-order valence-corrected chi connectivity index (χ2v) is 2.92. The Morgan fingerprint density at radius 3 is 3.21 bits per heavy atom. The van der Waals surface area contributed by atoms with E-state index in [2.05, 4.69) is 21.9 Å². The van der Waals surface area contributed by atoms with E-state index in [1.165, 1.54) is 0 Å². The van der Waals surface area contributed by atoms with Gasteiger partial charge in [0.2, 0.25) is 0 Å². The Hall–Kier alpha value is -1.05. The molecule has 0 bridgehead atoms. The van der Waals surface area contributed by atoms with E-state index in [1.54, 1.807) is 6.92 Å².